The lowest BCUT2D eigenvalue weighted by atomic mass is 10.1. The second-order valence-electron chi connectivity index (χ2n) is 4.72. The van der Waals surface area contributed by atoms with E-state index in [0.717, 1.165) is 17.8 Å². The van der Waals surface area contributed by atoms with Crippen LogP contribution in [-0.4, -0.2) is 24.1 Å². The van der Waals surface area contributed by atoms with Crippen LogP contribution in [0.4, 0.5) is 0 Å². The predicted octanol–water partition coefficient (Wildman–Crippen LogP) is 2.24. The highest BCUT2D eigenvalue weighted by Gasteiger charge is 2.21. The Morgan fingerprint density at radius 2 is 2.17 bits per heavy atom. The molecule has 1 heterocycles. The monoisotopic (exact) mass is 250 g/mol. The molecular formula is C14H22N2O2. The molecule has 0 amide bonds. The lowest BCUT2D eigenvalue weighted by molar-refractivity contribution is -0.145. The van der Waals surface area contributed by atoms with Crippen molar-refractivity contribution in [2.75, 3.05) is 13.2 Å². The Kier molecular flexibility index (Phi) is 5.78. The molecule has 1 N–H and O–H groups in total. The van der Waals surface area contributed by atoms with Crippen molar-refractivity contribution in [3.63, 3.8) is 0 Å². The molecule has 0 saturated carbocycles. The molecule has 1 aromatic rings. The fraction of sp³-hybridized carbons (Fsp3) is 0.571. The second kappa shape index (κ2) is 7.11. The van der Waals surface area contributed by atoms with Crippen molar-refractivity contribution >= 4 is 5.97 Å². The zero-order valence-corrected chi connectivity index (χ0v) is 11.6. The molecule has 18 heavy (non-hydrogen) atoms. The SMILES string of the molecule is CCOC(=O)C(NCC(C)C)c1ccc(C)nc1. The summed E-state index contributed by atoms with van der Waals surface area (Å²) in [5.74, 6) is 0.226. The maximum absolute atomic E-state index is 11.9. The van der Waals surface area contributed by atoms with E-state index in [-0.39, 0.29) is 5.97 Å². The third kappa shape index (κ3) is 4.45. The van der Waals surface area contributed by atoms with E-state index in [1.54, 1.807) is 6.20 Å². The topological polar surface area (TPSA) is 51.2 Å². The van der Waals surface area contributed by atoms with Gasteiger partial charge in [0.25, 0.3) is 0 Å². The van der Waals surface area contributed by atoms with Crippen LogP contribution >= 0.6 is 0 Å². The van der Waals surface area contributed by atoms with Gasteiger partial charge in [0.05, 0.1) is 6.61 Å². The van der Waals surface area contributed by atoms with E-state index >= 15 is 0 Å². The van der Waals surface area contributed by atoms with Crippen molar-refractivity contribution in [1.82, 2.24) is 10.3 Å². The molecule has 100 valence electrons. The zero-order valence-electron chi connectivity index (χ0n) is 11.6. The Hall–Kier alpha value is -1.42. The summed E-state index contributed by atoms with van der Waals surface area (Å²) in [4.78, 5) is 16.2. The van der Waals surface area contributed by atoms with E-state index in [1.807, 2.05) is 26.0 Å². The fourth-order valence-electron chi connectivity index (χ4n) is 1.57. The lowest BCUT2D eigenvalue weighted by Gasteiger charge is -2.18. The van der Waals surface area contributed by atoms with Gasteiger partial charge in [0.2, 0.25) is 0 Å². The van der Waals surface area contributed by atoms with Gasteiger partial charge in [0, 0.05) is 11.9 Å². The summed E-state index contributed by atoms with van der Waals surface area (Å²) in [5.41, 5.74) is 1.78. The molecule has 0 radical (unpaired) electrons. The molecule has 0 saturated heterocycles. The molecule has 4 heteroatoms. The first-order valence-corrected chi connectivity index (χ1v) is 6.37. The Morgan fingerprint density at radius 1 is 1.44 bits per heavy atom. The molecule has 1 unspecified atom stereocenters. The Labute approximate surface area is 109 Å². The minimum absolute atomic E-state index is 0.246. The predicted molar refractivity (Wildman–Crippen MR) is 71.2 cm³/mol. The van der Waals surface area contributed by atoms with Crippen molar-refractivity contribution in [1.29, 1.82) is 0 Å². The van der Waals surface area contributed by atoms with Crippen molar-refractivity contribution in [2.45, 2.75) is 33.7 Å². The number of carbonyl (C=O) groups is 1. The number of hydrogen-bond acceptors (Lipinski definition) is 4. The number of hydrogen-bond donors (Lipinski definition) is 1. The van der Waals surface area contributed by atoms with Gasteiger partial charge >= 0.3 is 5.97 Å². The summed E-state index contributed by atoms with van der Waals surface area (Å²) in [5, 5.41) is 3.22. The first kappa shape index (κ1) is 14.6. The number of nitrogens with one attached hydrogen (secondary N) is 1. The molecule has 4 nitrogen and oxygen atoms in total. The summed E-state index contributed by atoms with van der Waals surface area (Å²) >= 11 is 0. The van der Waals surface area contributed by atoms with Gasteiger partial charge in [-0.2, -0.15) is 0 Å². The summed E-state index contributed by atoms with van der Waals surface area (Å²) in [7, 11) is 0. The molecule has 0 aliphatic rings. The molecule has 1 aromatic heterocycles. The average Bonchev–Trinajstić information content (AvgIpc) is 2.31. The van der Waals surface area contributed by atoms with Gasteiger partial charge in [0.1, 0.15) is 6.04 Å². The molecular weight excluding hydrogens is 228 g/mol. The number of ether oxygens (including phenoxy) is 1. The maximum Gasteiger partial charge on any atom is 0.327 e. The van der Waals surface area contributed by atoms with E-state index in [4.69, 9.17) is 4.74 Å². The summed E-state index contributed by atoms with van der Waals surface area (Å²) in [6.45, 7) is 9.08. The molecule has 0 bridgehead atoms. The number of aromatic nitrogens is 1. The minimum Gasteiger partial charge on any atom is -0.465 e. The van der Waals surface area contributed by atoms with Crippen molar-refractivity contribution in [3.05, 3.63) is 29.6 Å². The van der Waals surface area contributed by atoms with E-state index in [1.165, 1.54) is 0 Å². The van der Waals surface area contributed by atoms with Crippen LogP contribution in [0.15, 0.2) is 18.3 Å². The zero-order chi connectivity index (χ0) is 13.5. The van der Waals surface area contributed by atoms with E-state index in [0.29, 0.717) is 12.5 Å². The molecule has 0 fully saturated rings. The number of aryl methyl sites for hydroxylation is 1. The number of esters is 1. The van der Waals surface area contributed by atoms with Crippen molar-refractivity contribution < 1.29 is 9.53 Å². The Balaban J connectivity index is 2.82. The van der Waals surface area contributed by atoms with E-state index in [9.17, 15) is 4.79 Å². The highest BCUT2D eigenvalue weighted by Crippen LogP contribution is 2.14. The third-order valence-electron chi connectivity index (χ3n) is 2.52. The van der Waals surface area contributed by atoms with Crippen LogP contribution in [0.25, 0.3) is 0 Å². The van der Waals surface area contributed by atoms with Crippen molar-refractivity contribution in [2.24, 2.45) is 5.92 Å². The number of pyridine rings is 1. The summed E-state index contributed by atoms with van der Waals surface area (Å²) in [6.07, 6.45) is 1.73. The van der Waals surface area contributed by atoms with Gasteiger partial charge in [0.15, 0.2) is 0 Å². The van der Waals surface area contributed by atoms with E-state index < -0.39 is 6.04 Å². The largest absolute Gasteiger partial charge is 0.465 e. The van der Waals surface area contributed by atoms with Gasteiger partial charge in [-0.15, -0.1) is 0 Å². The fourth-order valence-corrected chi connectivity index (χ4v) is 1.57. The van der Waals surface area contributed by atoms with Crippen molar-refractivity contribution in [3.8, 4) is 0 Å². The van der Waals surface area contributed by atoms with Crippen LogP contribution in [0.2, 0.25) is 0 Å². The van der Waals surface area contributed by atoms with Gasteiger partial charge in [-0.3, -0.25) is 4.98 Å². The molecule has 0 aliphatic heterocycles. The highest BCUT2D eigenvalue weighted by molar-refractivity contribution is 5.77. The smallest absolute Gasteiger partial charge is 0.327 e. The van der Waals surface area contributed by atoms with Gasteiger partial charge < -0.3 is 10.1 Å². The maximum atomic E-state index is 11.9. The number of nitrogens with zero attached hydrogens (tertiary/aromatic N) is 1. The Morgan fingerprint density at radius 3 is 2.67 bits per heavy atom. The van der Waals surface area contributed by atoms with Gasteiger partial charge in [-0.1, -0.05) is 19.9 Å². The van der Waals surface area contributed by atoms with Crippen LogP contribution in [0.3, 0.4) is 0 Å². The van der Waals surface area contributed by atoms with Crippen LogP contribution in [-0.2, 0) is 9.53 Å². The second-order valence-corrected chi connectivity index (χ2v) is 4.72. The van der Waals surface area contributed by atoms with E-state index in [2.05, 4.69) is 24.1 Å². The first-order chi connectivity index (χ1) is 8.54. The van der Waals surface area contributed by atoms with Crippen LogP contribution < -0.4 is 5.32 Å². The van der Waals surface area contributed by atoms with Crippen LogP contribution in [0.5, 0.6) is 0 Å². The third-order valence-corrected chi connectivity index (χ3v) is 2.52. The standard InChI is InChI=1S/C14H22N2O2/c1-5-18-14(17)13(16-8-10(2)3)12-7-6-11(4)15-9-12/h6-7,9-10,13,16H,5,8H2,1-4H3. The van der Waals surface area contributed by atoms with Crippen LogP contribution in [0, 0.1) is 12.8 Å². The lowest BCUT2D eigenvalue weighted by Crippen LogP contribution is -2.32. The van der Waals surface area contributed by atoms with Gasteiger partial charge in [-0.25, -0.2) is 4.79 Å². The molecule has 1 rings (SSSR count). The molecule has 0 spiro atoms. The minimum atomic E-state index is -0.430. The quantitative estimate of drug-likeness (QED) is 0.787. The first-order valence-electron chi connectivity index (χ1n) is 6.37. The Bertz CT molecular complexity index is 374. The number of carbonyl (C=O) groups excluding carboxylic acids is 1. The molecule has 0 aliphatic carbocycles. The number of rotatable bonds is 6. The van der Waals surface area contributed by atoms with Crippen LogP contribution in [0.1, 0.15) is 38.1 Å². The highest BCUT2D eigenvalue weighted by atomic mass is 16.5. The average molecular weight is 250 g/mol. The van der Waals surface area contributed by atoms with Gasteiger partial charge in [-0.05, 0) is 37.9 Å². The normalized spacial score (nSPS) is 12.5. The summed E-state index contributed by atoms with van der Waals surface area (Å²) in [6, 6.07) is 3.39. The molecule has 1 atom stereocenters. The molecule has 0 aromatic carbocycles. The summed E-state index contributed by atoms with van der Waals surface area (Å²) < 4.78 is 5.09.